The molecule has 172 valence electrons. The zero-order chi connectivity index (χ0) is 23.2. The molecule has 1 amide bonds. The lowest BCUT2D eigenvalue weighted by molar-refractivity contribution is -0.384. The highest BCUT2D eigenvalue weighted by Gasteiger charge is 2.40. The molecule has 2 aromatic heterocycles. The van der Waals surface area contributed by atoms with E-state index in [1.807, 2.05) is 6.92 Å². The van der Waals surface area contributed by atoms with Gasteiger partial charge in [0.2, 0.25) is 0 Å². The first-order valence-corrected chi connectivity index (χ1v) is 10.5. The van der Waals surface area contributed by atoms with Crippen LogP contribution in [-0.2, 0) is 11.3 Å². The molecule has 2 aliphatic heterocycles. The molecule has 32 heavy (non-hydrogen) atoms. The first-order chi connectivity index (χ1) is 15.1. The standard InChI is InChI=1S/C20H27N7O5/c1-12-11-32-6-5-25(12)17-16-14(20(2,3)4)9-24(19(28)29)10-15(16)22-18(23-17)26-8-13(7-21-26)27(30)31/h7-8,12,14H,5-6,9-11H2,1-4H3,(H,28,29). The number of ether oxygens (including phenoxy) is 1. The lowest BCUT2D eigenvalue weighted by Gasteiger charge is -2.43. The number of aromatic nitrogens is 4. The van der Waals surface area contributed by atoms with Crippen LogP contribution in [0.4, 0.5) is 16.3 Å². The SMILES string of the molecule is CC1COCCN1c1nc(-n2cc([N+](=O)[O-])cn2)nc2c1C(C(C)(C)C)CN(C(=O)O)C2. The number of anilines is 1. The Morgan fingerprint density at radius 2 is 2.09 bits per heavy atom. The van der Waals surface area contributed by atoms with Crippen LogP contribution in [-0.4, -0.2) is 73.1 Å². The number of amides is 1. The van der Waals surface area contributed by atoms with Gasteiger partial charge in [0.25, 0.3) is 5.95 Å². The van der Waals surface area contributed by atoms with E-state index in [1.54, 1.807) is 0 Å². The number of nitrogens with zero attached hydrogens (tertiary/aromatic N) is 7. The van der Waals surface area contributed by atoms with E-state index in [0.29, 0.717) is 37.8 Å². The van der Waals surface area contributed by atoms with Crippen LogP contribution >= 0.6 is 0 Å². The summed E-state index contributed by atoms with van der Waals surface area (Å²) in [6, 6.07) is 0.0562. The molecule has 12 nitrogen and oxygen atoms in total. The summed E-state index contributed by atoms with van der Waals surface area (Å²) >= 11 is 0. The van der Waals surface area contributed by atoms with Gasteiger partial charge in [-0.15, -0.1) is 0 Å². The maximum absolute atomic E-state index is 11.9. The second kappa shape index (κ2) is 8.01. The monoisotopic (exact) mass is 445 g/mol. The van der Waals surface area contributed by atoms with Crippen LogP contribution in [0.1, 0.15) is 44.9 Å². The fourth-order valence-corrected chi connectivity index (χ4v) is 4.26. The highest BCUT2D eigenvalue weighted by Crippen LogP contribution is 2.44. The van der Waals surface area contributed by atoms with E-state index in [0.717, 1.165) is 11.8 Å². The summed E-state index contributed by atoms with van der Waals surface area (Å²) in [4.78, 5) is 35.4. The third-order valence-electron chi connectivity index (χ3n) is 6.03. The van der Waals surface area contributed by atoms with E-state index >= 15 is 0 Å². The Hall–Kier alpha value is -3.28. The maximum Gasteiger partial charge on any atom is 0.407 e. The largest absolute Gasteiger partial charge is 0.465 e. The van der Waals surface area contributed by atoms with Crippen LogP contribution < -0.4 is 4.90 Å². The summed E-state index contributed by atoms with van der Waals surface area (Å²) in [6.45, 7) is 10.4. The molecular weight excluding hydrogens is 418 g/mol. The molecule has 1 saturated heterocycles. The molecule has 2 atom stereocenters. The fourth-order valence-electron chi connectivity index (χ4n) is 4.26. The number of carbonyl (C=O) groups is 1. The number of hydrogen-bond donors (Lipinski definition) is 1. The minimum atomic E-state index is -1.01. The number of nitro groups is 1. The van der Waals surface area contributed by atoms with E-state index in [2.05, 4.69) is 35.8 Å². The molecule has 0 radical (unpaired) electrons. The predicted molar refractivity (Wildman–Crippen MR) is 114 cm³/mol. The van der Waals surface area contributed by atoms with E-state index in [4.69, 9.17) is 9.72 Å². The van der Waals surface area contributed by atoms with Crippen molar-refractivity contribution in [2.24, 2.45) is 5.41 Å². The van der Waals surface area contributed by atoms with Crippen molar-refractivity contribution in [1.29, 1.82) is 0 Å². The number of hydrogen-bond acceptors (Lipinski definition) is 8. The van der Waals surface area contributed by atoms with Crippen molar-refractivity contribution in [1.82, 2.24) is 24.6 Å². The third kappa shape index (κ3) is 3.97. The van der Waals surface area contributed by atoms with Crippen molar-refractivity contribution in [2.75, 3.05) is 31.2 Å². The predicted octanol–water partition coefficient (Wildman–Crippen LogP) is 2.42. The van der Waals surface area contributed by atoms with Crippen LogP contribution in [0.25, 0.3) is 5.95 Å². The summed E-state index contributed by atoms with van der Waals surface area (Å²) in [5, 5.41) is 24.9. The Balaban J connectivity index is 1.92. The number of morpholine rings is 1. The first kappa shape index (κ1) is 21.9. The summed E-state index contributed by atoms with van der Waals surface area (Å²) in [5.74, 6) is 0.753. The third-order valence-corrected chi connectivity index (χ3v) is 6.03. The van der Waals surface area contributed by atoms with Gasteiger partial charge in [0, 0.05) is 24.6 Å². The smallest absolute Gasteiger partial charge is 0.407 e. The van der Waals surface area contributed by atoms with Gasteiger partial charge in [0.15, 0.2) is 0 Å². The summed E-state index contributed by atoms with van der Waals surface area (Å²) in [6.07, 6.45) is 1.38. The molecule has 4 heterocycles. The van der Waals surface area contributed by atoms with Crippen molar-refractivity contribution in [2.45, 2.75) is 46.2 Å². The lowest BCUT2D eigenvalue weighted by Crippen LogP contribution is -2.47. The van der Waals surface area contributed by atoms with Gasteiger partial charge in [-0.05, 0) is 12.3 Å². The second-order valence-corrected chi connectivity index (χ2v) is 9.31. The molecule has 1 N–H and O–H groups in total. The van der Waals surface area contributed by atoms with Gasteiger partial charge in [-0.25, -0.2) is 9.78 Å². The van der Waals surface area contributed by atoms with Crippen molar-refractivity contribution < 1.29 is 19.6 Å². The lowest BCUT2D eigenvalue weighted by atomic mass is 9.74. The molecule has 0 bridgehead atoms. The normalized spacial score (nSPS) is 21.4. The van der Waals surface area contributed by atoms with E-state index < -0.39 is 11.0 Å². The van der Waals surface area contributed by atoms with Gasteiger partial charge in [-0.2, -0.15) is 14.8 Å². The maximum atomic E-state index is 11.9. The Kier molecular flexibility index (Phi) is 5.49. The second-order valence-electron chi connectivity index (χ2n) is 9.31. The fraction of sp³-hybridized carbons (Fsp3) is 0.600. The molecule has 2 aliphatic rings. The van der Waals surface area contributed by atoms with E-state index in [9.17, 15) is 20.0 Å². The van der Waals surface area contributed by atoms with Gasteiger partial charge in [-0.1, -0.05) is 20.8 Å². The molecular formula is C20H27N7O5. The average Bonchev–Trinajstić information content (AvgIpc) is 3.22. The topological polar surface area (TPSA) is 140 Å². The molecule has 4 rings (SSSR count). The van der Waals surface area contributed by atoms with Crippen LogP contribution in [0, 0.1) is 15.5 Å². The summed E-state index contributed by atoms with van der Waals surface area (Å²) < 4.78 is 6.86. The molecule has 0 spiro atoms. The minimum Gasteiger partial charge on any atom is -0.465 e. The molecule has 0 aliphatic carbocycles. The quantitative estimate of drug-likeness (QED) is 0.557. The number of fused-ring (bicyclic) bond motifs is 1. The van der Waals surface area contributed by atoms with Gasteiger partial charge in [0.1, 0.15) is 18.2 Å². The Bertz CT molecular complexity index is 1050. The van der Waals surface area contributed by atoms with Gasteiger partial charge >= 0.3 is 11.8 Å². The number of rotatable bonds is 3. The Labute approximate surface area is 185 Å². The highest BCUT2D eigenvalue weighted by atomic mass is 16.6. The molecule has 0 saturated carbocycles. The van der Waals surface area contributed by atoms with Gasteiger partial charge in [-0.3, -0.25) is 10.1 Å². The minimum absolute atomic E-state index is 0.0562. The molecule has 1 fully saturated rings. The van der Waals surface area contributed by atoms with Gasteiger partial charge < -0.3 is 19.6 Å². The Morgan fingerprint density at radius 3 is 2.69 bits per heavy atom. The highest BCUT2D eigenvalue weighted by molar-refractivity contribution is 5.67. The van der Waals surface area contributed by atoms with Crippen molar-refractivity contribution in [3.63, 3.8) is 0 Å². The Morgan fingerprint density at radius 1 is 1.34 bits per heavy atom. The van der Waals surface area contributed by atoms with Gasteiger partial charge in [0.05, 0.1) is 36.4 Å². The molecule has 2 aromatic rings. The molecule has 0 aromatic carbocycles. The van der Waals surface area contributed by atoms with Crippen LogP contribution in [0.2, 0.25) is 0 Å². The summed E-state index contributed by atoms with van der Waals surface area (Å²) in [5.41, 5.74) is 1.10. The zero-order valence-electron chi connectivity index (χ0n) is 18.6. The van der Waals surface area contributed by atoms with E-state index in [1.165, 1.54) is 15.8 Å². The van der Waals surface area contributed by atoms with Crippen molar-refractivity contribution >= 4 is 17.6 Å². The average molecular weight is 445 g/mol. The zero-order valence-corrected chi connectivity index (χ0v) is 18.6. The van der Waals surface area contributed by atoms with E-state index in [-0.39, 0.29) is 35.6 Å². The number of carboxylic acid groups (broad SMARTS) is 1. The van der Waals surface area contributed by atoms with Crippen LogP contribution in [0.15, 0.2) is 12.4 Å². The van der Waals surface area contributed by atoms with Crippen molar-refractivity contribution in [3.05, 3.63) is 33.8 Å². The van der Waals surface area contributed by atoms with Crippen LogP contribution in [0.5, 0.6) is 0 Å². The summed E-state index contributed by atoms with van der Waals surface area (Å²) in [7, 11) is 0. The van der Waals surface area contributed by atoms with Crippen molar-refractivity contribution in [3.8, 4) is 5.95 Å². The van der Waals surface area contributed by atoms with Crippen LogP contribution in [0.3, 0.4) is 0 Å². The molecule has 2 unspecified atom stereocenters. The first-order valence-electron chi connectivity index (χ1n) is 10.5. The molecule has 12 heteroatoms.